The van der Waals surface area contributed by atoms with Gasteiger partial charge in [0, 0.05) is 34.3 Å². The molecule has 1 heterocycles. The summed E-state index contributed by atoms with van der Waals surface area (Å²) in [5.41, 5.74) is 17.0. The molecule has 0 N–H and O–H groups in total. The Kier molecular flexibility index (Phi) is 8.87. The molecular weight excluding hydrogens is 727 g/mol. The van der Waals surface area contributed by atoms with E-state index in [9.17, 15) is 0 Å². The van der Waals surface area contributed by atoms with E-state index >= 15 is 0 Å². The summed E-state index contributed by atoms with van der Waals surface area (Å²) in [5, 5.41) is 2.44. The van der Waals surface area contributed by atoms with Gasteiger partial charge < -0.3 is 9.64 Å². The molecule has 0 spiro atoms. The Labute approximate surface area is 350 Å². The van der Waals surface area contributed by atoms with Crippen molar-refractivity contribution in [1.82, 2.24) is 0 Å². The second-order valence-electron chi connectivity index (χ2n) is 15.3. The lowest BCUT2D eigenvalue weighted by molar-refractivity contribution is 0.488. The largest absolute Gasteiger partial charge is 0.456 e. The number of benzene rings is 10. The Bertz CT molecular complexity index is 3130. The Hall–Kier alpha value is -7.94. The van der Waals surface area contributed by atoms with Crippen molar-refractivity contribution in [1.29, 1.82) is 0 Å². The second kappa shape index (κ2) is 15.1. The van der Waals surface area contributed by atoms with Crippen molar-refractivity contribution in [3.63, 3.8) is 0 Å². The highest BCUT2D eigenvalue weighted by Gasteiger charge is 2.24. The number of hydrogen-bond donors (Lipinski definition) is 0. The fourth-order valence-corrected chi connectivity index (χ4v) is 8.67. The average molecular weight is 766 g/mol. The molecule has 2 heteroatoms. The van der Waals surface area contributed by atoms with Gasteiger partial charge in [0.1, 0.15) is 11.5 Å². The van der Waals surface area contributed by atoms with Gasteiger partial charge in [-0.05, 0) is 115 Å². The zero-order valence-corrected chi connectivity index (χ0v) is 32.9. The number of fused-ring (bicyclic) bond motifs is 6. The van der Waals surface area contributed by atoms with E-state index in [1.807, 2.05) is 0 Å². The molecule has 10 aromatic carbocycles. The fraction of sp³-hybridized carbons (Fsp3) is 0. The molecule has 0 aromatic heterocycles. The van der Waals surface area contributed by atoms with Crippen LogP contribution in [0.4, 0.5) is 17.1 Å². The van der Waals surface area contributed by atoms with Gasteiger partial charge >= 0.3 is 0 Å². The minimum absolute atomic E-state index is 0.815. The van der Waals surface area contributed by atoms with Crippen LogP contribution in [0.1, 0.15) is 0 Å². The van der Waals surface area contributed by atoms with Crippen LogP contribution < -0.4 is 9.64 Å². The van der Waals surface area contributed by atoms with E-state index in [2.05, 4.69) is 241 Å². The standard InChI is InChI=1S/C58H39NO/c1-3-12-40(13-4-1)42-22-24-43(25-23-42)45-28-33-49(34-29-45)59(48-31-26-44(27-32-48)41-14-5-2-6-15-41)50-35-37-56-54-20-10-9-19-53(54)55-36-30-47(38-57(55)60-58(56)39-50)52-21-11-17-46-16-7-8-18-51(46)52/h1-39H. The molecule has 60 heavy (non-hydrogen) atoms. The molecular formula is C58H39NO. The van der Waals surface area contributed by atoms with Gasteiger partial charge in [-0.1, -0.05) is 182 Å². The lowest BCUT2D eigenvalue weighted by Gasteiger charge is -2.27. The minimum Gasteiger partial charge on any atom is -0.456 e. The molecule has 0 amide bonds. The third-order valence-electron chi connectivity index (χ3n) is 11.7. The molecule has 282 valence electrons. The van der Waals surface area contributed by atoms with Crippen molar-refractivity contribution in [3.05, 3.63) is 237 Å². The molecule has 0 radical (unpaired) electrons. The summed E-state index contributed by atoms with van der Waals surface area (Å²) in [6, 6.07) is 84.6. The van der Waals surface area contributed by atoms with E-state index in [1.165, 1.54) is 49.7 Å². The maximum absolute atomic E-state index is 7.09. The molecule has 0 fully saturated rings. The zero-order valence-electron chi connectivity index (χ0n) is 32.9. The van der Waals surface area contributed by atoms with Gasteiger partial charge in [0.15, 0.2) is 0 Å². The Morgan fingerprint density at radius 3 is 1.23 bits per heavy atom. The number of hydrogen-bond acceptors (Lipinski definition) is 2. The van der Waals surface area contributed by atoms with Gasteiger partial charge in [-0.25, -0.2) is 0 Å². The van der Waals surface area contributed by atoms with E-state index in [0.717, 1.165) is 56.4 Å². The average Bonchev–Trinajstić information content (AvgIpc) is 3.46. The first-order valence-electron chi connectivity index (χ1n) is 20.5. The molecule has 0 atom stereocenters. The summed E-state index contributed by atoms with van der Waals surface area (Å²) in [5.74, 6) is 1.65. The SMILES string of the molecule is c1ccc(-c2ccc(-c3ccc(N(c4ccc(-c5ccccc5)cc4)c4ccc5c(c4)Oc4cc(-c6cccc7ccccc67)ccc4-c4ccccc4-5)cc3)cc2)cc1. The van der Waals surface area contributed by atoms with Crippen LogP contribution >= 0.6 is 0 Å². The first-order chi connectivity index (χ1) is 29.7. The highest BCUT2D eigenvalue weighted by molar-refractivity contribution is 5.99. The first kappa shape index (κ1) is 35.2. The summed E-state index contributed by atoms with van der Waals surface area (Å²) in [6.45, 7) is 0. The number of rotatable bonds is 7. The van der Waals surface area contributed by atoms with Crippen LogP contribution in [0.5, 0.6) is 11.5 Å². The molecule has 10 aromatic rings. The van der Waals surface area contributed by atoms with Crippen molar-refractivity contribution in [2.24, 2.45) is 0 Å². The van der Waals surface area contributed by atoms with Crippen LogP contribution in [0.25, 0.3) is 77.5 Å². The summed E-state index contributed by atoms with van der Waals surface area (Å²) in [4.78, 5) is 2.32. The van der Waals surface area contributed by atoms with E-state index < -0.39 is 0 Å². The second-order valence-corrected chi connectivity index (χ2v) is 15.3. The predicted octanol–water partition coefficient (Wildman–Crippen LogP) is 16.4. The van der Waals surface area contributed by atoms with E-state index in [0.29, 0.717) is 0 Å². The van der Waals surface area contributed by atoms with Crippen LogP contribution in [0, 0.1) is 0 Å². The number of nitrogens with zero attached hydrogens (tertiary/aromatic N) is 1. The van der Waals surface area contributed by atoms with Crippen molar-refractivity contribution in [2.45, 2.75) is 0 Å². The van der Waals surface area contributed by atoms with E-state index in [-0.39, 0.29) is 0 Å². The van der Waals surface area contributed by atoms with Crippen molar-refractivity contribution in [2.75, 3.05) is 4.90 Å². The molecule has 11 rings (SSSR count). The molecule has 2 nitrogen and oxygen atoms in total. The van der Waals surface area contributed by atoms with Crippen LogP contribution in [0.3, 0.4) is 0 Å². The minimum atomic E-state index is 0.815. The molecule has 1 aliphatic rings. The molecule has 0 saturated heterocycles. The Balaban J connectivity index is 1.01. The van der Waals surface area contributed by atoms with Crippen molar-refractivity contribution >= 4 is 27.8 Å². The van der Waals surface area contributed by atoms with E-state index in [4.69, 9.17) is 4.74 Å². The molecule has 0 bridgehead atoms. The highest BCUT2D eigenvalue weighted by atomic mass is 16.5. The maximum atomic E-state index is 7.09. The zero-order chi connectivity index (χ0) is 39.8. The summed E-state index contributed by atoms with van der Waals surface area (Å²) >= 11 is 0. The van der Waals surface area contributed by atoms with Crippen LogP contribution in [-0.4, -0.2) is 0 Å². The maximum Gasteiger partial charge on any atom is 0.137 e. The molecule has 0 unspecified atom stereocenters. The first-order valence-corrected chi connectivity index (χ1v) is 20.5. The highest BCUT2D eigenvalue weighted by Crippen LogP contribution is 2.50. The quantitative estimate of drug-likeness (QED) is 0.160. The van der Waals surface area contributed by atoms with Crippen molar-refractivity contribution in [3.8, 4) is 78.3 Å². The van der Waals surface area contributed by atoms with Gasteiger partial charge in [0.2, 0.25) is 0 Å². The smallest absolute Gasteiger partial charge is 0.137 e. The number of anilines is 3. The van der Waals surface area contributed by atoms with Crippen LogP contribution in [0.2, 0.25) is 0 Å². The van der Waals surface area contributed by atoms with Gasteiger partial charge in [0.05, 0.1) is 0 Å². The van der Waals surface area contributed by atoms with Gasteiger partial charge in [-0.15, -0.1) is 0 Å². The predicted molar refractivity (Wildman–Crippen MR) is 251 cm³/mol. The van der Waals surface area contributed by atoms with E-state index in [1.54, 1.807) is 0 Å². The van der Waals surface area contributed by atoms with Gasteiger partial charge in [-0.2, -0.15) is 0 Å². The lowest BCUT2D eigenvalue weighted by Crippen LogP contribution is -2.10. The third-order valence-corrected chi connectivity index (χ3v) is 11.7. The van der Waals surface area contributed by atoms with Gasteiger partial charge in [0.25, 0.3) is 0 Å². The van der Waals surface area contributed by atoms with Crippen LogP contribution in [-0.2, 0) is 0 Å². The lowest BCUT2D eigenvalue weighted by atomic mass is 9.92. The molecule has 1 aliphatic heterocycles. The Morgan fingerprint density at radius 1 is 0.250 bits per heavy atom. The summed E-state index contributed by atoms with van der Waals surface area (Å²) in [7, 11) is 0. The van der Waals surface area contributed by atoms with Crippen molar-refractivity contribution < 1.29 is 4.74 Å². The monoisotopic (exact) mass is 765 g/mol. The normalized spacial score (nSPS) is 11.5. The molecule has 0 saturated carbocycles. The van der Waals surface area contributed by atoms with Gasteiger partial charge in [-0.3, -0.25) is 0 Å². The number of ether oxygens (including phenoxy) is 1. The summed E-state index contributed by atoms with van der Waals surface area (Å²) < 4.78 is 7.09. The molecule has 0 aliphatic carbocycles. The van der Waals surface area contributed by atoms with Crippen LogP contribution in [0.15, 0.2) is 237 Å². The summed E-state index contributed by atoms with van der Waals surface area (Å²) in [6.07, 6.45) is 0. The Morgan fingerprint density at radius 2 is 0.650 bits per heavy atom. The third kappa shape index (κ3) is 6.51. The topological polar surface area (TPSA) is 12.5 Å². The fourth-order valence-electron chi connectivity index (χ4n) is 8.67.